The highest BCUT2D eigenvalue weighted by Crippen LogP contribution is 2.32. The Kier molecular flexibility index (Phi) is 14.9. The molecule has 4 heteroatoms. The zero-order valence-corrected chi connectivity index (χ0v) is 20.9. The summed E-state index contributed by atoms with van der Waals surface area (Å²) in [6.07, 6.45) is 18.3. The Balaban J connectivity index is 2.15. The van der Waals surface area contributed by atoms with Gasteiger partial charge in [0.15, 0.2) is 0 Å². The minimum Gasteiger partial charge on any atom is -0.481 e. The molecule has 31 heavy (non-hydrogen) atoms. The van der Waals surface area contributed by atoms with Crippen molar-refractivity contribution in [3.63, 3.8) is 0 Å². The molecule has 0 spiro atoms. The van der Waals surface area contributed by atoms with Crippen molar-refractivity contribution in [3.05, 3.63) is 0 Å². The molecule has 182 valence electrons. The Morgan fingerprint density at radius 1 is 0.742 bits per heavy atom. The molecule has 1 aliphatic carbocycles. The van der Waals surface area contributed by atoms with Crippen LogP contribution in [0.25, 0.3) is 0 Å². The lowest BCUT2D eigenvalue weighted by atomic mass is 9.79. The molecule has 1 aliphatic rings. The summed E-state index contributed by atoms with van der Waals surface area (Å²) in [4.78, 5) is 24.2. The van der Waals surface area contributed by atoms with Crippen LogP contribution < -0.4 is 0 Å². The second-order valence-electron chi connectivity index (χ2n) is 10.6. The predicted molar refractivity (Wildman–Crippen MR) is 128 cm³/mol. The Morgan fingerprint density at radius 3 is 1.65 bits per heavy atom. The van der Waals surface area contributed by atoms with Crippen molar-refractivity contribution in [1.29, 1.82) is 0 Å². The van der Waals surface area contributed by atoms with Gasteiger partial charge >= 0.3 is 11.9 Å². The van der Waals surface area contributed by atoms with E-state index in [1.165, 1.54) is 64.2 Å². The summed E-state index contributed by atoms with van der Waals surface area (Å²) in [5.74, 6) is -1.04. The first kappa shape index (κ1) is 28.0. The Hall–Kier alpha value is -1.06. The van der Waals surface area contributed by atoms with Crippen LogP contribution in [0.4, 0.5) is 0 Å². The van der Waals surface area contributed by atoms with Crippen molar-refractivity contribution in [1.82, 2.24) is 0 Å². The highest BCUT2D eigenvalue weighted by molar-refractivity contribution is 5.81. The van der Waals surface area contributed by atoms with E-state index >= 15 is 0 Å². The number of ether oxygens (including phenoxy) is 1. The van der Waals surface area contributed by atoms with Crippen LogP contribution in [0, 0.1) is 23.7 Å². The van der Waals surface area contributed by atoms with E-state index < -0.39 is 17.8 Å². The molecule has 4 nitrogen and oxygen atoms in total. The average molecular weight is 439 g/mol. The van der Waals surface area contributed by atoms with E-state index in [2.05, 4.69) is 27.7 Å². The smallest absolute Gasteiger partial charge is 0.310 e. The van der Waals surface area contributed by atoms with Gasteiger partial charge in [-0.05, 0) is 37.5 Å². The molecule has 0 radical (unpaired) electrons. The summed E-state index contributed by atoms with van der Waals surface area (Å²) in [6, 6.07) is 0. The molecular formula is C27H50O4. The monoisotopic (exact) mass is 438 g/mol. The van der Waals surface area contributed by atoms with Gasteiger partial charge in [0, 0.05) is 0 Å². The minimum absolute atomic E-state index is 0.0882. The van der Waals surface area contributed by atoms with Crippen molar-refractivity contribution in [3.8, 4) is 0 Å². The lowest BCUT2D eigenvalue weighted by Crippen LogP contribution is -2.36. The number of carbonyl (C=O) groups excluding carboxylic acids is 1. The fourth-order valence-electron chi connectivity index (χ4n) is 4.79. The summed E-state index contributed by atoms with van der Waals surface area (Å²) in [5, 5.41) is 9.43. The van der Waals surface area contributed by atoms with Crippen LogP contribution in [-0.2, 0) is 14.3 Å². The fraction of sp³-hybridized carbons (Fsp3) is 0.926. The van der Waals surface area contributed by atoms with E-state index in [9.17, 15) is 14.7 Å². The molecule has 0 amide bonds. The molecule has 0 saturated heterocycles. The zero-order chi connectivity index (χ0) is 23.1. The average Bonchev–Trinajstić information content (AvgIpc) is 2.73. The predicted octanol–water partition coefficient (Wildman–Crippen LogP) is 7.78. The topological polar surface area (TPSA) is 63.6 Å². The van der Waals surface area contributed by atoms with Gasteiger partial charge in [0.2, 0.25) is 0 Å². The summed E-state index contributed by atoms with van der Waals surface area (Å²) < 4.78 is 5.84. The normalized spacial score (nSPS) is 20.2. The molecule has 0 aromatic heterocycles. The largest absolute Gasteiger partial charge is 0.481 e. The van der Waals surface area contributed by atoms with Gasteiger partial charge in [-0.3, -0.25) is 9.59 Å². The lowest BCUT2D eigenvalue weighted by molar-refractivity contribution is -0.165. The first-order valence-electron chi connectivity index (χ1n) is 13.3. The summed E-state index contributed by atoms with van der Waals surface area (Å²) in [6.45, 7) is 8.79. The maximum atomic E-state index is 12.7. The third kappa shape index (κ3) is 12.5. The lowest BCUT2D eigenvalue weighted by Gasteiger charge is -2.30. The number of rotatable bonds is 17. The van der Waals surface area contributed by atoms with Crippen LogP contribution in [0.3, 0.4) is 0 Å². The van der Waals surface area contributed by atoms with Gasteiger partial charge in [-0.25, -0.2) is 0 Å². The molecule has 0 aliphatic heterocycles. The second kappa shape index (κ2) is 16.6. The second-order valence-corrected chi connectivity index (χ2v) is 10.6. The number of carboxylic acids is 1. The maximum absolute atomic E-state index is 12.7. The number of aliphatic carboxylic acids is 1. The van der Waals surface area contributed by atoms with Gasteiger partial charge < -0.3 is 9.84 Å². The molecule has 1 rings (SSSR count). The Bertz CT molecular complexity index is 486. The molecule has 0 heterocycles. The van der Waals surface area contributed by atoms with E-state index in [1.807, 2.05) is 0 Å². The standard InChI is InChI=1S/C27H50O4/c1-21(2)17-13-11-9-7-5-6-8-10-12-14-20-25(22(3)4)31-27(30)24-19-16-15-18-23(24)26(28)29/h21-25H,5-20H2,1-4H3,(H,28,29). The first-order valence-corrected chi connectivity index (χ1v) is 13.3. The summed E-state index contributed by atoms with van der Waals surface area (Å²) in [5.41, 5.74) is 0. The number of hydrogen-bond acceptors (Lipinski definition) is 3. The Morgan fingerprint density at radius 2 is 1.19 bits per heavy atom. The van der Waals surface area contributed by atoms with Crippen LogP contribution in [0.5, 0.6) is 0 Å². The number of hydrogen-bond donors (Lipinski definition) is 1. The van der Waals surface area contributed by atoms with E-state index in [1.54, 1.807) is 0 Å². The fourth-order valence-corrected chi connectivity index (χ4v) is 4.79. The van der Waals surface area contributed by atoms with Gasteiger partial charge in [0.1, 0.15) is 6.10 Å². The quantitative estimate of drug-likeness (QED) is 0.186. The molecule has 3 atom stereocenters. The third-order valence-electron chi connectivity index (χ3n) is 6.92. The van der Waals surface area contributed by atoms with Gasteiger partial charge in [0.25, 0.3) is 0 Å². The molecule has 3 unspecified atom stereocenters. The van der Waals surface area contributed by atoms with Gasteiger partial charge in [-0.2, -0.15) is 0 Å². The highest BCUT2D eigenvalue weighted by atomic mass is 16.5. The first-order chi connectivity index (χ1) is 14.8. The Labute approximate surface area is 191 Å². The molecule has 1 saturated carbocycles. The van der Waals surface area contributed by atoms with Crippen LogP contribution in [-0.4, -0.2) is 23.1 Å². The van der Waals surface area contributed by atoms with Crippen molar-refractivity contribution >= 4 is 11.9 Å². The van der Waals surface area contributed by atoms with Crippen LogP contribution >= 0.6 is 0 Å². The molecule has 0 aromatic rings. The maximum Gasteiger partial charge on any atom is 0.310 e. The van der Waals surface area contributed by atoms with Crippen molar-refractivity contribution in [2.24, 2.45) is 23.7 Å². The number of unbranched alkanes of at least 4 members (excludes halogenated alkanes) is 9. The molecule has 1 fully saturated rings. The molecule has 0 aromatic carbocycles. The van der Waals surface area contributed by atoms with Crippen LogP contribution in [0.1, 0.15) is 130 Å². The van der Waals surface area contributed by atoms with Gasteiger partial charge in [0.05, 0.1) is 11.8 Å². The van der Waals surface area contributed by atoms with Gasteiger partial charge in [-0.15, -0.1) is 0 Å². The van der Waals surface area contributed by atoms with Gasteiger partial charge in [-0.1, -0.05) is 105 Å². The SMILES string of the molecule is CC(C)CCCCCCCCCCCCC(OC(=O)C1CCCCC1C(=O)O)C(C)C. The van der Waals surface area contributed by atoms with E-state index in [-0.39, 0.29) is 18.0 Å². The van der Waals surface area contributed by atoms with E-state index in [4.69, 9.17) is 4.74 Å². The number of carbonyl (C=O) groups is 2. The summed E-state index contributed by atoms with van der Waals surface area (Å²) in [7, 11) is 0. The van der Waals surface area contributed by atoms with E-state index in [0.717, 1.165) is 31.6 Å². The van der Waals surface area contributed by atoms with Crippen LogP contribution in [0.2, 0.25) is 0 Å². The third-order valence-corrected chi connectivity index (χ3v) is 6.92. The summed E-state index contributed by atoms with van der Waals surface area (Å²) >= 11 is 0. The van der Waals surface area contributed by atoms with Crippen molar-refractivity contribution in [2.75, 3.05) is 0 Å². The highest BCUT2D eigenvalue weighted by Gasteiger charge is 2.37. The van der Waals surface area contributed by atoms with E-state index in [0.29, 0.717) is 12.8 Å². The minimum atomic E-state index is -0.849. The number of carboxylic acid groups (broad SMARTS) is 1. The van der Waals surface area contributed by atoms with Crippen molar-refractivity contribution in [2.45, 2.75) is 137 Å². The van der Waals surface area contributed by atoms with Crippen molar-refractivity contribution < 1.29 is 19.4 Å². The zero-order valence-electron chi connectivity index (χ0n) is 20.9. The molecular weight excluding hydrogens is 388 g/mol. The van der Waals surface area contributed by atoms with Crippen LogP contribution in [0.15, 0.2) is 0 Å². The number of esters is 1. The molecule has 0 bridgehead atoms. The molecule has 1 N–H and O–H groups in total.